The van der Waals surface area contributed by atoms with Crippen molar-refractivity contribution in [2.24, 2.45) is 5.92 Å². The molecule has 2 amide bonds. The zero-order valence-corrected chi connectivity index (χ0v) is 18.4. The number of carbonyl (C=O) groups excluding carboxylic acids is 2. The van der Waals surface area contributed by atoms with Gasteiger partial charge in [-0.2, -0.15) is 0 Å². The molecule has 7 nitrogen and oxygen atoms in total. The lowest BCUT2D eigenvalue weighted by molar-refractivity contribution is -0.274. The van der Waals surface area contributed by atoms with Gasteiger partial charge in [0.05, 0.1) is 13.2 Å². The second-order valence-corrected chi connectivity index (χ2v) is 8.04. The third kappa shape index (κ3) is 8.58. The molecule has 3 N–H and O–H groups in total. The van der Waals surface area contributed by atoms with E-state index in [1.807, 2.05) is 0 Å². The van der Waals surface area contributed by atoms with Gasteiger partial charge in [0.2, 0.25) is 5.91 Å². The van der Waals surface area contributed by atoms with Gasteiger partial charge in [-0.1, -0.05) is 25.0 Å². The second kappa shape index (κ2) is 11.7. The van der Waals surface area contributed by atoms with Crippen LogP contribution in [0.15, 0.2) is 48.5 Å². The Morgan fingerprint density at radius 3 is 2.26 bits per heavy atom. The first kappa shape index (κ1) is 25.4. The van der Waals surface area contributed by atoms with Crippen molar-refractivity contribution in [1.29, 1.82) is 0 Å². The molecule has 1 aliphatic carbocycles. The van der Waals surface area contributed by atoms with Crippen LogP contribution in [0.3, 0.4) is 0 Å². The van der Waals surface area contributed by atoms with Gasteiger partial charge in [0, 0.05) is 18.5 Å². The van der Waals surface area contributed by atoms with Crippen LogP contribution in [0.5, 0.6) is 11.5 Å². The molecule has 0 saturated heterocycles. The number of hydrogen-bond donors (Lipinski definition) is 3. The first-order valence-electron chi connectivity index (χ1n) is 11.0. The lowest BCUT2D eigenvalue weighted by atomic mass is 10.0. The van der Waals surface area contributed by atoms with Gasteiger partial charge in [0.15, 0.2) is 0 Å². The molecular formula is C24H27F3N2O5. The number of amides is 2. The summed E-state index contributed by atoms with van der Waals surface area (Å²) in [5, 5.41) is 14.1. The first-order chi connectivity index (χ1) is 16.2. The topological polar surface area (TPSA) is 96.9 Å². The molecule has 2 aromatic rings. The lowest BCUT2D eigenvalue weighted by Crippen LogP contribution is -2.48. The molecule has 0 unspecified atom stereocenters. The van der Waals surface area contributed by atoms with Gasteiger partial charge in [0.25, 0.3) is 5.91 Å². The van der Waals surface area contributed by atoms with Crippen LogP contribution in [0.1, 0.15) is 35.2 Å². The minimum absolute atomic E-state index is 0.00351. The predicted octanol–water partition coefficient (Wildman–Crippen LogP) is 3.21. The second-order valence-electron chi connectivity index (χ2n) is 8.04. The van der Waals surface area contributed by atoms with Crippen LogP contribution >= 0.6 is 0 Å². The highest BCUT2D eigenvalue weighted by atomic mass is 19.4. The van der Waals surface area contributed by atoms with Crippen molar-refractivity contribution >= 4 is 11.8 Å². The van der Waals surface area contributed by atoms with Gasteiger partial charge in [-0.3, -0.25) is 9.59 Å². The molecular weight excluding hydrogens is 453 g/mol. The average Bonchev–Trinajstić information content (AvgIpc) is 3.62. The Morgan fingerprint density at radius 2 is 1.68 bits per heavy atom. The van der Waals surface area contributed by atoms with E-state index in [2.05, 4.69) is 15.4 Å². The van der Waals surface area contributed by atoms with Crippen molar-refractivity contribution in [3.8, 4) is 11.5 Å². The van der Waals surface area contributed by atoms with E-state index in [1.54, 1.807) is 24.3 Å². The molecule has 3 rings (SSSR count). The SMILES string of the molecule is O=C(N[C@@H](Cc1ccc(OC(F)(F)F)cc1)C(=O)NCCO)c1ccc(OCCC2CC2)cc1. The number of alkyl halides is 3. The van der Waals surface area contributed by atoms with Crippen LogP contribution in [-0.4, -0.2) is 49.1 Å². The van der Waals surface area contributed by atoms with E-state index in [0.717, 1.165) is 24.5 Å². The standard InChI is InChI=1S/C24H27F3N2O5/c25-24(26,27)34-20-7-3-17(4-8-20)15-21(23(32)28-12-13-30)29-22(31)18-5-9-19(10-6-18)33-14-11-16-1-2-16/h3-10,16,21,30H,1-2,11-15H2,(H,28,32)(H,29,31)/t21-/m0/s1. The number of hydrogen-bond acceptors (Lipinski definition) is 5. The zero-order chi connectivity index (χ0) is 24.6. The van der Waals surface area contributed by atoms with Gasteiger partial charge >= 0.3 is 6.36 Å². The maximum Gasteiger partial charge on any atom is 0.573 e. The predicted molar refractivity (Wildman–Crippen MR) is 117 cm³/mol. The summed E-state index contributed by atoms with van der Waals surface area (Å²) < 4.78 is 46.6. The third-order valence-electron chi connectivity index (χ3n) is 5.24. The summed E-state index contributed by atoms with van der Waals surface area (Å²) in [6.07, 6.45) is -1.27. The molecule has 1 atom stereocenters. The number of carbonyl (C=O) groups is 2. The molecule has 1 fully saturated rings. The number of aliphatic hydroxyl groups excluding tert-OH is 1. The molecule has 1 saturated carbocycles. The summed E-state index contributed by atoms with van der Waals surface area (Å²) >= 11 is 0. The van der Waals surface area contributed by atoms with Crippen molar-refractivity contribution in [2.45, 2.75) is 38.1 Å². The van der Waals surface area contributed by atoms with Gasteiger partial charge in [-0.25, -0.2) is 0 Å². The van der Waals surface area contributed by atoms with E-state index in [1.165, 1.54) is 25.0 Å². The highest BCUT2D eigenvalue weighted by Gasteiger charge is 2.31. The number of benzene rings is 2. The van der Waals surface area contributed by atoms with Gasteiger partial charge in [-0.15, -0.1) is 13.2 Å². The number of nitrogens with one attached hydrogen (secondary N) is 2. The molecule has 1 aliphatic rings. The maximum absolute atomic E-state index is 12.7. The summed E-state index contributed by atoms with van der Waals surface area (Å²) in [6, 6.07) is 10.6. The van der Waals surface area contributed by atoms with Crippen molar-refractivity contribution in [3.63, 3.8) is 0 Å². The lowest BCUT2D eigenvalue weighted by Gasteiger charge is -2.19. The van der Waals surface area contributed by atoms with Crippen LogP contribution in [-0.2, 0) is 11.2 Å². The van der Waals surface area contributed by atoms with E-state index < -0.39 is 24.2 Å². The monoisotopic (exact) mass is 480 g/mol. The number of halogens is 3. The Labute approximate surface area is 195 Å². The van der Waals surface area contributed by atoms with E-state index in [0.29, 0.717) is 23.5 Å². The van der Waals surface area contributed by atoms with E-state index in [9.17, 15) is 22.8 Å². The van der Waals surface area contributed by atoms with Crippen molar-refractivity contribution in [1.82, 2.24) is 10.6 Å². The third-order valence-corrected chi connectivity index (χ3v) is 5.24. The number of ether oxygens (including phenoxy) is 2. The number of aliphatic hydroxyl groups is 1. The summed E-state index contributed by atoms with van der Waals surface area (Å²) in [6.45, 7) is 0.338. The Hall–Kier alpha value is -3.27. The molecule has 10 heteroatoms. The molecule has 0 bridgehead atoms. The van der Waals surface area contributed by atoms with Gasteiger partial charge < -0.3 is 25.2 Å². The summed E-state index contributed by atoms with van der Waals surface area (Å²) in [5.74, 6) is -0.00676. The zero-order valence-electron chi connectivity index (χ0n) is 18.4. The van der Waals surface area contributed by atoms with E-state index in [-0.39, 0.29) is 25.3 Å². The van der Waals surface area contributed by atoms with Crippen molar-refractivity contribution < 1.29 is 37.3 Å². The van der Waals surface area contributed by atoms with Crippen LogP contribution in [0.25, 0.3) is 0 Å². The van der Waals surface area contributed by atoms with E-state index in [4.69, 9.17) is 9.84 Å². The first-order valence-corrected chi connectivity index (χ1v) is 11.0. The molecule has 0 spiro atoms. The highest BCUT2D eigenvalue weighted by molar-refractivity contribution is 5.97. The fourth-order valence-electron chi connectivity index (χ4n) is 3.27. The van der Waals surface area contributed by atoms with Crippen LogP contribution in [0.2, 0.25) is 0 Å². The Bertz CT molecular complexity index is 945. The van der Waals surface area contributed by atoms with Crippen LogP contribution < -0.4 is 20.1 Å². The summed E-state index contributed by atoms with van der Waals surface area (Å²) in [7, 11) is 0. The minimum Gasteiger partial charge on any atom is -0.494 e. The molecule has 0 aliphatic heterocycles. The van der Waals surface area contributed by atoms with Crippen molar-refractivity contribution in [3.05, 3.63) is 59.7 Å². The van der Waals surface area contributed by atoms with Crippen LogP contribution in [0.4, 0.5) is 13.2 Å². The van der Waals surface area contributed by atoms with Crippen LogP contribution in [0, 0.1) is 5.92 Å². The summed E-state index contributed by atoms with van der Waals surface area (Å²) in [4.78, 5) is 25.3. The molecule has 34 heavy (non-hydrogen) atoms. The molecule has 0 radical (unpaired) electrons. The molecule has 0 heterocycles. The fraction of sp³-hybridized carbons (Fsp3) is 0.417. The van der Waals surface area contributed by atoms with Crippen molar-refractivity contribution in [2.75, 3.05) is 19.8 Å². The Morgan fingerprint density at radius 1 is 1.03 bits per heavy atom. The fourth-order valence-corrected chi connectivity index (χ4v) is 3.27. The maximum atomic E-state index is 12.7. The molecule has 2 aromatic carbocycles. The highest BCUT2D eigenvalue weighted by Crippen LogP contribution is 2.32. The quantitative estimate of drug-likeness (QED) is 0.434. The summed E-state index contributed by atoms with van der Waals surface area (Å²) in [5.41, 5.74) is 0.835. The average molecular weight is 480 g/mol. The Kier molecular flexibility index (Phi) is 8.75. The molecule has 184 valence electrons. The van der Waals surface area contributed by atoms with E-state index >= 15 is 0 Å². The minimum atomic E-state index is -4.81. The number of rotatable bonds is 12. The van der Waals surface area contributed by atoms with Gasteiger partial charge in [-0.05, 0) is 54.3 Å². The smallest absolute Gasteiger partial charge is 0.494 e. The Balaban J connectivity index is 1.61. The normalized spacial score (nSPS) is 14.2. The molecule has 0 aromatic heterocycles. The van der Waals surface area contributed by atoms with Gasteiger partial charge in [0.1, 0.15) is 17.5 Å². The largest absolute Gasteiger partial charge is 0.573 e.